The number of aliphatic hydroxyl groups is 1. The lowest BCUT2D eigenvalue weighted by molar-refractivity contribution is -0.129. The molecule has 0 spiro atoms. The van der Waals surface area contributed by atoms with E-state index in [-0.39, 0.29) is 31.1 Å². The van der Waals surface area contributed by atoms with E-state index in [9.17, 15) is 14.7 Å². The summed E-state index contributed by atoms with van der Waals surface area (Å²) >= 11 is 0. The van der Waals surface area contributed by atoms with E-state index in [4.69, 9.17) is 4.74 Å². The van der Waals surface area contributed by atoms with Crippen molar-refractivity contribution in [2.45, 2.75) is 31.9 Å². The number of amides is 3. The van der Waals surface area contributed by atoms with Crippen LogP contribution in [0.3, 0.4) is 0 Å². The van der Waals surface area contributed by atoms with Gasteiger partial charge in [-0.2, -0.15) is 0 Å². The lowest BCUT2D eigenvalue weighted by Gasteiger charge is -2.19. The minimum absolute atomic E-state index is 0.0174. The van der Waals surface area contributed by atoms with Gasteiger partial charge < -0.3 is 14.7 Å². The molecule has 22 heavy (non-hydrogen) atoms. The van der Waals surface area contributed by atoms with Crippen LogP contribution in [-0.2, 0) is 4.79 Å². The number of aliphatic hydroxyl groups excluding tert-OH is 1. The average Bonchev–Trinajstić information content (AvgIpc) is 3.05. The summed E-state index contributed by atoms with van der Waals surface area (Å²) in [7, 11) is 0. The molecule has 1 aromatic rings. The van der Waals surface area contributed by atoms with Crippen molar-refractivity contribution in [1.29, 1.82) is 0 Å². The molecule has 2 saturated heterocycles. The smallest absolute Gasteiger partial charge is 0.327 e. The fourth-order valence-corrected chi connectivity index (χ4v) is 3.01. The second-order valence-corrected chi connectivity index (χ2v) is 5.86. The zero-order chi connectivity index (χ0) is 15.7. The summed E-state index contributed by atoms with van der Waals surface area (Å²) in [5, 5.41) is 10.0. The minimum Gasteiger partial charge on any atom is -0.491 e. The second-order valence-electron chi connectivity index (χ2n) is 5.86. The molecule has 2 heterocycles. The van der Waals surface area contributed by atoms with Crippen LogP contribution in [0.1, 0.15) is 18.4 Å². The van der Waals surface area contributed by atoms with Gasteiger partial charge in [-0.3, -0.25) is 9.69 Å². The Morgan fingerprint density at radius 2 is 2.23 bits per heavy atom. The van der Waals surface area contributed by atoms with Crippen molar-refractivity contribution in [2.24, 2.45) is 0 Å². The van der Waals surface area contributed by atoms with Gasteiger partial charge in [0.05, 0.1) is 6.54 Å². The van der Waals surface area contributed by atoms with Crippen molar-refractivity contribution in [3.05, 3.63) is 29.8 Å². The minimum atomic E-state index is -0.895. The third kappa shape index (κ3) is 2.78. The third-order valence-corrected chi connectivity index (χ3v) is 4.11. The van der Waals surface area contributed by atoms with Crippen LogP contribution >= 0.6 is 0 Å². The maximum Gasteiger partial charge on any atom is 0.327 e. The molecule has 3 rings (SSSR count). The fourth-order valence-electron chi connectivity index (χ4n) is 3.01. The highest BCUT2D eigenvalue weighted by atomic mass is 16.5. The first-order chi connectivity index (χ1) is 10.6. The molecule has 0 radical (unpaired) electrons. The quantitative estimate of drug-likeness (QED) is 0.829. The highest BCUT2D eigenvalue weighted by molar-refractivity contribution is 6.04. The first-order valence-corrected chi connectivity index (χ1v) is 7.56. The number of β-amino-alcohol motifs (C(OH)–C–C–N with tert-alkyl or cyclic N) is 1. The predicted octanol–water partition coefficient (Wildman–Crippen LogP) is 1.16. The first kappa shape index (κ1) is 14.8. The number of aryl methyl sites for hydroxylation is 1. The number of carbonyl (C=O) groups is 2. The van der Waals surface area contributed by atoms with E-state index in [1.165, 1.54) is 0 Å². The Bertz CT molecular complexity index is 567. The summed E-state index contributed by atoms with van der Waals surface area (Å²) in [6.45, 7) is 2.61. The molecule has 0 saturated carbocycles. The summed E-state index contributed by atoms with van der Waals surface area (Å²) in [5.74, 6) is 0.468. The predicted molar refractivity (Wildman–Crippen MR) is 79.5 cm³/mol. The molecule has 1 aromatic carbocycles. The summed E-state index contributed by atoms with van der Waals surface area (Å²) in [4.78, 5) is 27.0. The molecule has 0 unspecified atom stereocenters. The van der Waals surface area contributed by atoms with Crippen LogP contribution in [0.2, 0.25) is 0 Å². The number of ether oxygens (including phenoxy) is 1. The number of rotatable bonds is 5. The van der Waals surface area contributed by atoms with Gasteiger partial charge in [0.25, 0.3) is 5.91 Å². The SMILES string of the molecule is Cc1cccc(OC[C@H](O)CN2C(=O)[C@H]3CCCN3C2=O)c1. The first-order valence-electron chi connectivity index (χ1n) is 7.56. The lowest BCUT2D eigenvalue weighted by Crippen LogP contribution is -2.41. The van der Waals surface area contributed by atoms with Gasteiger partial charge in [0.2, 0.25) is 0 Å². The van der Waals surface area contributed by atoms with Crippen LogP contribution in [0.5, 0.6) is 5.75 Å². The normalized spacial score (nSPS) is 22.2. The Balaban J connectivity index is 1.55. The Morgan fingerprint density at radius 3 is 2.95 bits per heavy atom. The van der Waals surface area contributed by atoms with E-state index in [0.717, 1.165) is 23.3 Å². The maximum absolute atomic E-state index is 12.2. The molecule has 6 nitrogen and oxygen atoms in total. The number of hydrogen-bond acceptors (Lipinski definition) is 4. The van der Waals surface area contributed by atoms with E-state index in [1.807, 2.05) is 31.2 Å². The van der Waals surface area contributed by atoms with Crippen molar-refractivity contribution < 1.29 is 19.4 Å². The lowest BCUT2D eigenvalue weighted by atomic mass is 10.2. The van der Waals surface area contributed by atoms with Crippen LogP contribution in [-0.4, -0.2) is 58.7 Å². The van der Waals surface area contributed by atoms with E-state index in [1.54, 1.807) is 4.90 Å². The van der Waals surface area contributed by atoms with Gasteiger partial charge in [-0.05, 0) is 37.5 Å². The van der Waals surface area contributed by atoms with Crippen molar-refractivity contribution in [2.75, 3.05) is 19.7 Å². The molecule has 6 heteroatoms. The van der Waals surface area contributed by atoms with Crippen LogP contribution in [0, 0.1) is 6.92 Å². The molecule has 1 N–H and O–H groups in total. The standard InChI is InChI=1S/C16H20N2O4/c1-11-4-2-5-13(8-11)22-10-12(19)9-18-15(20)14-6-3-7-17(14)16(18)21/h2,4-5,8,12,14,19H,3,6-7,9-10H2,1H3/t12-,14-/m1/s1. The summed E-state index contributed by atoms with van der Waals surface area (Å²) in [5.41, 5.74) is 1.07. The molecule has 2 atom stereocenters. The summed E-state index contributed by atoms with van der Waals surface area (Å²) in [6.07, 6.45) is 0.694. The van der Waals surface area contributed by atoms with Gasteiger partial charge in [0, 0.05) is 6.54 Å². The number of fused-ring (bicyclic) bond motifs is 1. The molecule has 2 fully saturated rings. The Kier molecular flexibility index (Phi) is 4.02. The van der Waals surface area contributed by atoms with Crippen molar-refractivity contribution in [3.8, 4) is 5.75 Å². The Morgan fingerprint density at radius 1 is 1.41 bits per heavy atom. The third-order valence-electron chi connectivity index (χ3n) is 4.11. The van der Waals surface area contributed by atoms with Gasteiger partial charge in [0.15, 0.2) is 0 Å². The largest absolute Gasteiger partial charge is 0.491 e. The topological polar surface area (TPSA) is 70.1 Å². The maximum atomic E-state index is 12.2. The number of hydrogen-bond donors (Lipinski definition) is 1. The van der Waals surface area contributed by atoms with Crippen molar-refractivity contribution in [3.63, 3.8) is 0 Å². The fraction of sp³-hybridized carbons (Fsp3) is 0.500. The van der Waals surface area contributed by atoms with Gasteiger partial charge >= 0.3 is 6.03 Å². The highest BCUT2D eigenvalue weighted by Gasteiger charge is 2.47. The number of benzene rings is 1. The van der Waals surface area contributed by atoms with Gasteiger partial charge in [-0.1, -0.05) is 12.1 Å². The molecular weight excluding hydrogens is 284 g/mol. The van der Waals surface area contributed by atoms with Crippen LogP contribution in [0.25, 0.3) is 0 Å². The van der Waals surface area contributed by atoms with Crippen LogP contribution in [0.4, 0.5) is 4.79 Å². The zero-order valence-corrected chi connectivity index (χ0v) is 12.6. The monoisotopic (exact) mass is 304 g/mol. The molecule has 0 aliphatic carbocycles. The van der Waals surface area contributed by atoms with Gasteiger partial charge in [-0.25, -0.2) is 4.79 Å². The van der Waals surface area contributed by atoms with E-state index < -0.39 is 6.10 Å². The summed E-state index contributed by atoms with van der Waals surface area (Å²) < 4.78 is 5.51. The molecule has 2 aliphatic heterocycles. The molecule has 0 aromatic heterocycles. The molecule has 0 bridgehead atoms. The second kappa shape index (κ2) is 5.96. The number of imide groups is 1. The van der Waals surface area contributed by atoms with Crippen LogP contribution < -0.4 is 4.74 Å². The van der Waals surface area contributed by atoms with E-state index in [0.29, 0.717) is 12.3 Å². The molecule has 3 amide bonds. The molecule has 118 valence electrons. The van der Waals surface area contributed by atoms with E-state index >= 15 is 0 Å². The Labute approximate surface area is 129 Å². The molecule has 2 aliphatic rings. The van der Waals surface area contributed by atoms with Crippen LogP contribution in [0.15, 0.2) is 24.3 Å². The van der Waals surface area contributed by atoms with Gasteiger partial charge in [-0.15, -0.1) is 0 Å². The number of urea groups is 1. The average molecular weight is 304 g/mol. The number of nitrogens with zero attached hydrogens (tertiary/aromatic N) is 2. The van der Waals surface area contributed by atoms with Gasteiger partial charge in [0.1, 0.15) is 24.5 Å². The highest BCUT2D eigenvalue weighted by Crippen LogP contribution is 2.27. The van der Waals surface area contributed by atoms with E-state index in [2.05, 4.69) is 0 Å². The summed E-state index contributed by atoms with van der Waals surface area (Å²) in [6, 6.07) is 6.90. The Hall–Kier alpha value is -2.08. The van der Waals surface area contributed by atoms with Crippen molar-refractivity contribution in [1.82, 2.24) is 9.80 Å². The van der Waals surface area contributed by atoms with Crippen molar-refractivity contribution >= 4 is 11.9 Å². The zero-order valence-electron chi connectivity index (χ0n) is 12.6. The molecular formula is C16H20N2O4. The number of carbonyl (C=O) groups excluding carboxylic acids is 2.